The Labute approximate surface area is 99.7 Å². The van der Waals surface area contributed by atoms with Crippen LogP contribution in [-0.2, 0) is 14.4 Å². The lowest BCUT2D eigenvalue weighted by Gasteiger charge is -2.26. The second kappa shape index (κ2) is 5.16. The first-order valence-corrected chi connectivity index (χ1v) is 6.06. The third kappa shape index (κ3) is 2.75. The Morgan fingerprint density at radius 2 is 1.71 bits per heavy atom. The Hall–Kier alpha value is -1.59. The highest BCUT2D eigenvalue weighted by Gasteiger charge is 2.33. The average Bonchev–Trinajstić information content (AvgIpc) is 2.67. The molecule has 0 radical (unpaired) electrons. The number of likely N-dealkylation sites (tertiary alicyclic amines) is 1. The van der Waals surface area contributed by atoms with Crippen molar-refractivity contribution in [1.82, 2.24) is 15.8 Å². The summed E-state index contributed by atoms with van der Waals surface area (Å²) >= 11 is 0. The molecule has 2 N–H and O–H groups in total. The van der Waals surface area contributed by atoms with Crippen molar-refractivity contribution in [2.24, 2.45) is 5.92 Å². The molecule has 17 heavy (non-hydrogen) atoms. The highest BCUT2D eigenvalue weighted by molar-refractivity contribution is 6.05. The van der Waals surface area contributed by atoms with E-state index in [0.29, 0.717) is 6.42 Å². The SMILES string of the molecule is O=C1NNC(=O)C1CCC(=O)N1CCCCC1. The number of amides is 3. The van der Waals surface area contributed by atoms with Gasteiger partial charge in [-0.05, 0) is 25.7 Å². The van der Waals surface area contributed by atoms with Crippen molar-refractivity contribution < 1.29 is 14.4 Å². The van der Waals surface area contributed by atoms with E-state index >= 15 is 0 Å². The fourth-order valence-corrected chi connectivity index (χ4v) is 2.25. The van der Waals surface area contributed by atoms with E-state index < -0.39 is 5.92 Å². The van der Waals surface area contributed by atoms with Crippen molar-refractivity contribution in [2.75, 3.05) is 13.1 Å². The third-order valence-electron chi connectivity index (χ3n) is 3.30. The molecule has 0 spiro atoms. The van der Waals surface area contributed by atoms with Crippen molar-refractivity contribution in [3.8, 4) is 0 Å². The van der Waals surface area contributed by atoms with Crippen LogP contribution in [0.25, 0.3) is 0 Å². The smallest absolute Gasteiger partial charge is 0.251 e. The maximum absolute atomic E-state index is 11.8. The van der Waals surface area contributed by atoms with Crippen LogP contribution in [0.5, 0.6) is 0 Å². The highest BCUT2D eigenvalue weighted by Crippen LogP contribution is 2.15. The van der Waals surface area contributed by atoms with Gasteiger partial charge in [-0.3, -0.25) is 25.2 Å². The summed E-state index contributed by atoms with van der Waals surface area (Å²) in [4.78, 5) is 36.2. The lowest BCUT2D eigenvalue weighted by Crippen LogP contribution is -2.36. The molecule has 6 nitrogen and oxygen atoms in total. The Morgan fingerprint density at radius 1 is 1.12 bits per heavy atom. The molecule has 2 rings (SSSR count). The molecular formula is C11H17N3O3. The molecule has 2 fully saturated rings. The van der Waals surface area contributed by atoms with Gasteiger partial charge >= 0.3 is 0 Å². The van der Waals surface area contributed by atoms with Gasteiger partial charge in [0.25, 0.3) is 11.8 Å². The first-order chi connectivity index (χ1) is 8.18. The van der Waals surface area contributed by atoms with E-state index in [1.165, 1.54) is 6.42 Å². The van der Waals surface area contributed by atoms with Crippen molar-refractivity contribution in [3.63, 3.8) is 0 Å². The number of hydrazine groups is 1. The van der Waals surface area contributed by atoms with Gasteiger partial charge in [-0.15, -0.1) is 0 Å². The Balaban J connectivity index is 1.79. The van der Waals surface area contributed by atoms with Crippen LogP contribution in [0.15, 0.2) is 0 Å². The van der Waals surface area contributed by atoms with Crippen LogP contribution in [0.4, 0.5) is 0 Å². The first-order valence-electron chi connectivity index (χ1n) is 6.06. The van der Waals surface area contributed by atoms with Gasteiger partial charge in [0.05, 0.1) is 0 Å². The molecule has 0 atom stereocenters. The second-order valence-corrected chi connectivity index (χ2v) is 4.51. The molecule has 6 heteroatoms. The van der Waals surface area contributed by atoms with Crippen molar-refractivity contribution >= 4 is 17.7 Å². The largest absolute Gasteiger partial charge is 0.343 e. The van der Waals surface area contributed by atoms with Crippen LogP contribution in [0.1, 0.15) is 32.1 Å². The quantitative estimate of drug-likeness (QED) is 0.655. The van der Waals surface area contributed by atoms with Gasteiger partial charge in [0.1, 0.15) is 5.92 Å². The lowest BCUT2D eigenvalue weighted by atomic mass is 10.0. The summed E-state index contributed by atoms with van der Waals surface area (Å²) in [7, 11) is 0. The van der Waals surface area contributed by atoms with Crippen LogP contribution >= 0.6 is 0 Å². The molecule has 2 aliphatic heterocycles. The standard InChI is InChI=1S/C11H17N3O3/c15-9(14-6-2-1-3-7-14)5-4-8-10(16)12-13-11(8)17/h8H,1-7H2,(H,12,16)(H,13,17). The molecule has 0 saturated carbocycles. The number of nitrogens with one attached hydrogen (secondary N) is 2. The molecule has 0 unspecified atom stereocenters. The topological polar surface area (TPSA) is 78.5 Å². The zero-order valence-electron chi connectivity index (χ0n) is 9.70. The van der Waals surface area contributed by atoms with Gasteiger partial charge in [0.15, 0.2) is 0 Å². The fraction of sp³-hybridized carbons (Fsp3) is 0.727. The molecule has 0 aromatic heterocycles. The lowest BCUT2D eigenvalue weighted by molar-refractivity contribution is -0.133. The minimum atomic E-state index is -0.705. The van der Waals surface area contributed by atoms with E-state index in [4.69, 9.17) is 0 Å². The maximum atomic E-state index is 11.8. The summed E-state index contributed by atoms with van der Waals surface area (Å²) in [5.41, 5.74) is 4.52. The van der Waals surface area contributed by atoms with Crippen LogP contribution in [0.2, 0.25) is 0 Å². The summed E-state index contributed by atoms with van der Waals surface area (Å²) < 4.78 is 0. The number of carbonyl (C=O) groups excluding carboxylic acids is 3. The minimum absolute atomic E-state index is 0.0530. The fourth-order valence-electron chi connectivity index (χ4n) is 2.25. The Kier molecular flexibility index (Phi) is 3.61. The summed E-state index contributed by atoms with van der Waals surface area (Å²) in [5, 5.41) is 0. The summed E-state index contributed by atoms with van der Waals surface area (Å²) in [6.07, 6.45) is 3.85. The molecule has 2 saturated heterocycles. The third-order valence-corrected chi connectivity index (χ3v) is 3.30. The number of hydrogen-bond acceptors (Lipinski definition) is 3. The Bertz CT molecular complexity index is 321. The number of rotatable bonds is 3. The monoisotopic (exact) mass is 239 g/mol. The minimum Gasteiger partial charge on any atom is -0.343 e. The normalized spacial score (nSPS) is 21.3. The van der Waals surface area contributed by atoms with E-state index in [-0.39, 0.29) is 24.1 Å². The van der Waals surface area contributed by atoms with Gasteiger partial charge in [-0.1, -0.05) is 0 Å². The van der Waals surface area contributed by atoms with E-state index in [0.717, 1.165) is 25.9 Å². The second-order valence-electron chi connectivity index (χ2n) is 4.51. The molecule has 0 aromatic carbocycles. The van der Waals surface area contributed by atoms with Crippen molar-refractivity contribution in [1.29, 1.82) is 0 Å². The average molecular weight is 239 g/mol. The first kappa shape index (κ1) is 11.9. The molecule has 0 bridgehead atoms. The summed E-state index contributed by atoms with van der Waals surface area (Å²) in [6, 6.07) is 0. The summed E-state index contributed by atoms with van der Waals surface area (Å²) in [5.74, 6) is -1.32. The predicted molar refractivity (Wildman–Crippen MR) is 59.4 cm³/mol. The summed E-state index contributed by atoms with van der Waals surface area (Å²) in [6.45, 7) is 1.61. The maximum Gasteiger partial charge on any atom is 0.251 e. The van der Waals surface area contributed by atoms with Crippen LogP contribution in [0.3, 0.4) is 0 Å². The van der Waals surface area contributed by atoms with Crippen LogP contribution in [-0.4, -0.2) is 35.7 Å². The number of nitrogens with zero attached hydrogens (tertiary/aromatic N) is 1. The van der Waals surface area contributed by atoms with Crippen LogP contribution < -0.4 is 10.9 Å². The Morgan fingerprint density at radius 3 is 2.29 bits per heavy atom. The molecular weight excluding hydrogens is 222 g/mol. The number of piperidine rings is 1. The predicted octanol–water partition coefficient (Wildman–Crippen LogP) is -0.444. The molecule has 2 aliphatic rings. The van der Waals surface area contributed by atoms with Crippen molar-refractivity contribution in [3.05, 3.63) is 0 Å². The highest BCUT2D eigenvalue weighted by atomic mass is 16.2. The van der Waals surface area contributed by atoms with Gasteiger partial charge in [0.2, 0.25) is 5.91 Å². The van der Waals surface area contributed by atoms with E-state index in [2.05, 4.69) is 10.9 Å². The van der Waals surface area contributed by atoms with Gasteiger partial charge < -0.3 is 4.90 Å². The molecule has 94 valence electrons. The zero-order chi connectivity index (χ0) is 12.3. The van der Waals surface area contributed by atoms with Crippen LogP contribution in [0, 0.1) is 5.92 Å². The van der Waals surface area contributed by atoms with E-state index in [9.17, 15) is 14.4 Å². The van der Waals surface area contributed by atoms with Crippen molar-refractivity contribution in [2.45, 2.75) is 32.1 Å². The molecule has 0 aliphatic carbocycles. The molecule has 2 heterocycles. The number of carbonyl (C=O) groups is 3. The zero-order valence-corrected chi connectivity index (χ0v) is 9.70. The van der Waals surface area contributed by atoms with E-state index in [1.54, 1.807) is 0 Å². The molecule has 0 aromatic rings. The molecule has 3 amide bonds. The number of hydrogen-bond donors (Lipinski definition) is 2. The van der Waals surface area contributed by atoms with Gasteiger partial charge in [-0.2, -0.15) is 0 Å². The van der Waals surface area contributed by atoms with E-state index in [1.807, 2.05) is 4.90 Å². The van der Waals surface area contributed by atoms with Gasteiger partial charge in [0, 0.05) is 19.5 Å². The van der Waals surface area contributed by atoms with Gasteiger partial charge in [-0.25, -0.2) is 0 Å².